The molecule has 1 N–H and O–H groups in total. The summed E-state index contributed by atoms with van der Waals surface area (Å²) in [6.07, 6.45) is 13.6. The molecule has 2 aliphatic heterocycles. The van der Waals surface area contributed by atoms with Crippen molar-refractivity contribution in [3.63, 3.8) is 0 Å². The molecule has 2 aliphatic carbocycles. The maximum absolute atomic E-state index is 6.42. The second kappa shape index (κ2) is 6.79. The van der Waals surface area contributed by atoms with Gasteiger partial charge in [-0.25, -0.2) is 0 Å². The number of rotatable bonds is 3. The molecule has 0 aromatic carbocycles. The number of hydrogen-bond acceptors (Lipinski definition) is 7. The number of aromatic nitrogens is 3. The third kappa shape index (κ3) is 2.60. The minimum atomic E-state index is -0.493. The summed E-state index contributed by atoms with van der Waals surface area (Å²) < 4.78 is 12.9. The molecule has 32 heavy (non-hydrogen) atoms. The number of halogens is 1. The highest BCUT2D eigenvalue weighted by atomic mass is 79.9. The SMILES string of the molecule is CO[C@]12C[C@](C)(c3noc(-c4cncc(Br)c4)n3)CN[C@@H]1CC1=CN=C3C=CC=C2C13C. The standard InChI is InChI=1S/C24H24BrN5O2/c1-22(21-29-20(32-30-21)14-7-16(25)11-26-9-14)12-24(31-3)17-5-4-6-18-23(17,2)15(10-27-18)8-19(24)28-13-22/h4-7,9-11,19,28H,8,12-13H2,1-3H3/t19-,22+,23?,24+/m1/s1. The minimum absolute atomic E-state index is 0.160. The van der Waals surface area contributed by atoms with Crippen LogP contribution in [0.15, 0.2) is 68.0 Å². The molecule has 2 fully saturated rings. The normalized spacial score (nSPS) is 35.0. The Labute approximate surface area is 194 Å². The number of piperidine rings is 1. The first-order chi connectivity index (χ1) is 15.4. The fourth-order valence-electron chi connectivity index (χ4n) is 5.93. The lowest BCUT2D eigenvalue weighted by molar-refractivity contribution is -0.0691. The lowest BCUT2D eigenvalue weighted by Crippen LogP contribution is -2.68. The van der Waals surface area contributed by atoms with E-state index in [2.05, 4.69) is 63.5 Å². The number of ether oxygens (including phenoxy) is 1. The molecular formula is C24H24BrN5O2. The van der Waals surface area contributed by atoms with Gasteiger partial charge in [0.25, 0.3) is 5.89 Å². The van der Waals surface area contributed by atoms with Crippen LogP contribution in [0.25, 0.3) is 11.5 Å². The van der Waals surface area contributed by atoms with Gasteiger partial charge in [-0.2, -0.15) is 4.98 Å². The molecule has 0 spiro atoms. The van der Waals surface area contributed by atoms with Crippen molar-refractivity contribution in [2.75, 3.05) is 13.7 Å². The van der Waals surface area contributed by atoms with Crippen LogP contribution in [0.2, 0.25) is 0 Å². The predicted octanol–water partition coefficient (Wildman–Crippen LogP) is 4.14. The van der Waals surface area contributed by atoms with Crippen LogP contribution in [0.4, 0.5) is 0 Å². The molecule has 0 radical (unpaired) electrons. The number of nitrogens with zero attached hydrogens (tertiary/aromatic N) is 4. The van der Waals surface area contributed by atoms with Crippen molar-refractivity contribution in [3.8, 4) is 11.5 Å². The van der Waals surface area contributed by atoms with Gasteiger partial charge in [0.2, 0.25) is 0 Å². The summed E-state index contributed by atoms with van der Waals surface area (Å²) in [4.78, 5) is 13.7. The number of nitrogens with one attached hydrogen (secondary N) is 1. The third-order valence-electron chi connectivity index (χ3n) is 7.69. The molecule has 164 valence electrons. The van der Waals surface area contributed by atoms with Crippen LogP contribution in [0.3, 0.4) is 0 Å². The topological polar surface area (TPSA) is 85.4 Å². The summed E-state index contributed by atoms with van der Waals surface area (Å²) in [5.41, 5.74) is 3.41. The number of aliphatic imine (C=N–C) groups is 1. The lowest BCUT2D eigenvalue weighted by atomic mass is 9.53. The quantitative estimate of drug-likeness (QED) is 0.691. The van der Waals surface area contributed by atoms with E-state index in [1.54, 1.807) is 12.4 Å². The molecule has 0 bridgehead atoms. The van der Waals surface area contributed by atoms with Crippen molar-refractivity contribution in [2.45, 2.75) is 43.7 Å². The summed E-state index contributed by atoms with van der Waals surface area (Å²) in [6, 6.07) is 2.09. The Hall–Kier alpha value is -2.42. The number of fused-ring (bicyclic) bond motifs is 2. The zero-order valence-electron chi connectivity index (χ0n) is 18.2. The number of methoxy groups -OCH3 is 1. The molecule has 1 saturated carbocycles. The second-order valence-corrected chi connectivity index (χ2v) is 10.4. The van der Waals surface area contributed by atoms with Crippen molar-refractivity contribution in [2.24, 2.45) is 10.4 Å². The maximum atomic E-state index is 6.42. The molecule has 4 heterocycles. The Morgan fingerprint density at radius 3 is 2.97 bits per heavy atom. The van der Waals surface area contributed by atoms with Gasteiger partial charge in [0.1, 0.15) is 5.60 Å². The fourth-order valence-corrected chi connectivity index (χ4v) is 6.29. The van der Waals surface area contributed by atoms with Gasteiger partial charge in [-0.1, -0.05) is 24.2 Å². The molecule has 7 nitrogen and oxygen atoms in total. The van der Waals surface area contributed by atoms with Crippen LogP contribution in [0.1, 0.15) is 32.5 Å². The van der Waals surface area contributed by atoms with Crippen molar-refractivity contribution in [3.05, 3.63) is 64.3 Å². The van der Waals surface area contributed by atoms with Gasteiger partial charge in [-0.05, 0) is 59.0 Å². The van der Waals surface area contributed by atoms with E-state index in [1.165, 1.54) is 11.1 Å². The van der Waals surface area contributed by atoms with Gasteiger partial charge < -0.3 is 14.6 Å². The van der Waals surface area contributed by atoms with Gasteiger partial charge in [0, 0.05) is 48.2 Å². The van der Waals surface area contributed by atoms with Crippen molar-refractivity contribution < 1.29 is 9.26 Å². The van der Waals surface area contributed by atoms with Gasteiger partial charge in [0.05, 0.1) is 16.7 Å². The number of hydrogen-bond donors (Lipinski definition) is 1. The molecule has 1 unspecified atom stereocenters. The highest BCUT2D eigenvalue weighted by Crippen LogP contribution is 2.59. The Morgan fingerprint density at radius 2 is 2.16 bits per heavy atom. The summed E-state index contributed by atoms with van der Waals surface area (Å²) in [7, 11) is 1.82. The van der Waals surface area contributed by atoms with E-state index in [1.807, 2.05) is 19.4 Å². The van der Waals surface area contributed by atoms with E-state index in [4.69, 9.17) is 19.2 Å². The zero-order chi connectivity index (χ0) is 22.1. The van der Waals surface area contributed by atoms with E-state index in [0.29, 0.717) is 11.7 Å². The third-order valence-corrected chi connectivity index (χ3v) is 8.12. The van der Waals surface area contributed by atoms with Crippen molar-refractivity contribution in [1.29, 1.82) is 0 Å². The fraction of sp³-hybridized carbons (Fsp3) is 0.417. The maximum Gasteiger partial charge on any atom is 0.259 e. The van der Waals surface area contributed by atoms with Crippen LogP contribution in [0, 0.1) is 5.41 Å². The number of allylic oxidation sites excluding steroid dienone is 3. The average Bonchev–Trinajstić information content (AvgIpc) is 3.41. The van der Waals surface area contributed by atoms with Crippen LogP contribution in [-0.4, -0.2) is 46.1 Å². The van der Waals surface area contributed by atoms with E-state index in [0.717, 1.165) is 35.1 Å². The lowest BCUT2D eigenvalue weighted by Gasteiger charge is -2.58. The summed E-state index contributed by atoms with van der Waals surface area (Å²) in [6.45, 7) is 5.19. The van der Waals surface area contributed by atoms with Crippen LogP contribution in [-0.2, 0) is 10.2 Å². The monoisotopic (exact) mass is 493 g/mol. The first kappa shape index (κ1) is 20.2. The highest BCUT2D eigenvalue weighted by Gasteiger charge is 2.62. The van der Waals surface area contributed by atoms with Crippen molar-refractivity contribution >= 4 is 21.6 Å². The molecule has 0 amide bonds. The van der Waals surface area contributed by atoms with E-state index in [-0.39, 0.29) is 16.9 Å². The predicted molar refractivity (Wildman–Crippen MR) is 124 cm³/mol. The summed E-state index contributed by atoms with van der Waals surface area (Å²) in [5, 5.41) is 8.16. The molecular weight excluding hydrogens is 470 g/mol. The molecule has 2 aromatic rings. The largest absolute Gasteiger partial charge is 0.372 e. The Balaban J connectivity index is 1.41. The van der Waals surface area contributed by atoms with E-state index >= 15 is 0 Å². The Bertz CT molecular complexity index is 1250. The average molecular weight is 494 g/mol. The minimum Gasteiger partial charge on any atom is -0.372 e. The summed E-state index contributed by atoms with van der Waals surface area (Å²) in [5.74, 6) is 1.14. The summed E-state index contributed by atoms with van der Waals surface area (Å²) >= 11 is 3.46. The first-order valence-electron chi connectivity index (χ1n) is 10.8. The first-order valence-corrected chi connectivity index (χ1v) is 11.6. The van der Waals surface area contributed by atoms with E-state index < -0.39 is 5.60 Å². The Kier molecular flexibility index (Phi) is 4.29. The zero-order valence-corrected chi connectivity index (χ0v) is 19.8. The molecule has 1 saturated heterocycles. The Morgan fingerprint density at radius 1 is 1.28 bits per heavy atom. The van der Waals surface area contributed by atoms with Crippen molar-refractivity contribution in [1.82, 2.24) is 20.4 Å². The number of pyridine rings is 1. The second-order valence-electron chi connectivity index (χ2n) is 9.52. The van der Waals surface area contributed by atoms with Crippen LogP contribution in [0.5, 0.6) is 0 Å². The molecule has 4 aliphatic rings. The van der Waals surface area contributed by atoms with Gasteiger partial charge in [-0.3, -0.25) is 9.98 Å². The van der Waals surface area contributed by atoms with Crippen LogP contribution >= 0.6 is 15.9 Å². The van der Waals surface area contributed by atoms with Crippen LogP contribution < -0.4 is 5.32 Å². The van der Waals surface area contributed by atoms with Gasteiger partial charge in [0.15, 0.2) is 5.82 Å². The molecule has 8 heteroatoms. The smallest absolute Gasteiger partial charge is 0.259 e. The molecule has 4 atom stereocenters. The molecule has 2 aromatic heterocycles. The van der Waals surface area contributed by atoms with Gasteiger partial charge >= 0.3 is 0 Å². The highest BCUT2D eigenvalue weighted by molar-refractivity contribution is 9.10. The van der Waals surface area contributed by atoms with E-state index in [9.17, 15) is 0 Å². The molecule has 6 rings (SSSR count). The van der Waals surface area contributed by atoms with Gasteiger partial charge in [-0.15, -0.1) is 0 Å².